The monoisotopic (exact) mass is 394 g/mol. The molecule has 1 aromatic heterocycles. The molecular weight excluding hydrogens is 367 g/mol. The Balaban J connectivity index is 1.47. The van der Waals surface area contributed by atoms with Crippen LogP contribution in [0.4, 0.5) is 10.1 Å². The van der Waals surface area contributed by atoms with Crippen LogP contribution in [0, 0.1) is 12.7 Å². The minimum Gasteiger partial charge on any atom is -0.325 e. The minimum absolute atomic E-state index is 0.0155. The summed E-state index contributed by atoms with van der Waals surface area (Å²) in [6, 6.07) is 16.2. The van der Waals surface area contributed by atoms with Crippen LogP contribution in [0.5, 0.6) is 0 Å². The molecule has 6 heteroatoms. The number of benzene rings is 2. The number of rotatable bonds is 8. The van der Waals surface area contributed by atoms with E-state index in [-0.39, 0.29) is 11.7 Å². The van der Waals surface area contributed by atoms with E-state index in [0.29, 0.717) is 6.54 Å². The summed E-state index contributed by atoms with van der Waals surface area (Å²) in [5.74, 6) is -0.260. The van der Waals surface area contributed by atoms with Crippen LogP contribution in [0.2, 0.25) is 0 Å². The Morgan fingerprint density at radius 2 is 1.90 bits per heavy atom. The number of hydrogen-bond donors (Lipinski definition) is 1. The van der Waals surface area contributed by atoms with Crippen LogP contribution in [-0.2, 0) is 18.3 Å². The van der Waals surface area contributed by atoms with Crippen molar-refractivity contribution >= 4 is 11.6 Å². The molecule has 0 saturated carbocycles. The molecule has 0 fully saturated rings. The summed E-state index contributed by atoms with van der Waals surface area (Å²) in [4.78, 5) is 14.3. The number of carbonyl (C=O) groups excluding carboxylic acids is 1. The molecule has 29 heavy (non-hydrogen) atoms. The fourth-order valence-corrected chi connectivity index (χ4v) is 3.30. The van der Waals surface area contributed by atoms with Crippen molar-refractivity contribution in [1.82, 2.24) is 14.7 Å². The lowest BCUT2D eigenvalue weighted by molar-refractivity contribution is -0.117. The summed E-state index contributed by atoms with van der Waals surface area (Å²) < 4.78 is 14.9. The van der Waals surface area contributed by atoms with Crippen LogP contribution in [0.3, 0.4) is 0 Å². The maximum absolute atomic E-state index is 13.1. The van der Waals surface area contributed by atoms with Crippen molar-refractivity contribution in [2.24, 2.45) is 7.05 Å². The van der Waals surface area contributed by atoms with Gasteiger partial charge in [-0.05, 0) is 80.9 Å². The molecule has 1 N–H and O–H groups in total. The first-order valence-corrected chi connectivity index (χ1v) is 9.75. The van der Waals surface area contributed by atoms with Crippen molar-refractivity contribution in [2.75, 3.05) is 25.5 Å². The zero-order chi connectivity index (χ0) is 20.8. The molecular formula is C23H27FN4O. The number of aryl methyl sites for hydroxylation is 3. The summed E-state index contributed by atoms with van der Waals surface area (Å²) in [6.07, 6.45) is 1.72. The molecule has 1 heterocycles. The molecule has 0 aliphatic heterocycles. The third-order valence-electron chi connectivity index (χ3n) is 4.88. The van der Waals surface area contributed by atoms with Gasteiger partial charge in [-0.25, -0.2) is 4.39 Å². The van der Waals surface area contributed by atoms with E-state index in [2.05, 4.69) is 10.4 Å². The van der Waals surface area contributed by atoms with E-state index in [9.17, 15) is 9.18 Å². The van der Waals surface area contributed by atoms with Gasteiger partial charge in [-0.15, -0.1) is 0 Å². The lowest BCUT2D eigenvalue weighted by Gasteiger charge is -2.16. The lowest BCUT2D eigenvalue weighted by Crippen LogP contribution is -2.31. The second-order valence-corrected chi connectivity index (χ2v) is 7.36. The van der Waals surface area contributed by atoms with Crippen LogP contribution in [0.25, 0.3) is 11.3 Å². The highest BCUT2D eigenvalue weighted by atomic mass is 19.1. The number of anilines is 1. The van der Waals surface area contributed by atoms with Crippen LogP contribution >= 0.6 is 0 Å². The minimum atomic E-state index is -0.245. The van der Waals surface area contributed by atoms with Crippen molar-refractivity contribution in [3.8, 4) is 11.3 Å². The number of likely N-dealkylation sites (N-methyl/N-ethyl adjacent to an activating group) is 1. The van der Waals surface area contributed by atoms with E-state index in [1.54, 1.807) is 12.1 Å². The van der Waals surface area contributed by atoms with E-state index in [4.69, 9.17) is 0 Å². The first-order chi connectivity index (χ1) is 13.9. The lowest BCUT2D eigenvalue weighted by atomic mass is 10.1. The molecule has 5 nitrogen and oxygen atoms in total. The van der Waals surface area contributed by atoms with Crippen LogP contribution < -0.4 is 5.32 Å². The zero-order valence-corrected chi connectivity index (χ0v) is 17.2. The Morgan fingerprint density at radius 1 is 1.17 bits per heavy atom. The van der Waals surface area contributed by atoms with E-state index < -0.39 is 0 Å². The van der Waals surface area contributed by atoms with Gasteiger partial charge in [0.2, 0.25) is 5.91 Å². The molecule has 0 atom stereocenters. The SMILES string of the molecule is Cc1ccccc1NC(=O)CN(C)CCCc1cc(-c2ccc(F)cc2)n(C)n1. The summed E-state index contributed by atoms with van der Waals surface area (Å²) in [5.41, 5.74) is 4.80. The topological polar surface area (TPSA) is 50.2 Å². The molecule has 0 unspecified atom stereocenters. The van der Waals surface area contributed by atoms with Gasteiger partial charge in [0.15, 0.2) is 0 Å². The third kappa shape index (κ3) is 5.74. The Kier molecular flexibility index (Phi) is 6.77. The van der Waals surface area contributed by atoms with Crippen molar-refractivity contribution in [3.05, 3.63) is 71.7 Å². The summed E-state index contributed by atoms with van der Waals surface area (Å²) in [6.45, 7) is 3.12. The molecule has 0 aliphatic rings. The largest absolute Gasteiger partial charge is 0.325 e. The molecule has 0 bridgehead atoms. The van der Waals surface area contributed by atoms with Crippen LogP contribution in [0.1, 0.15) is 17.7 Å². The summed E-state index contributed by atoms with van der Waals surface area (Å²) in [5, 5.41) is 7.52. The Hall–Kier alpha value is -2.99. The second kappa shape index (κ2) is 9.47. The molecule has 0 aliphatic carbocycles. The molecule has 3 aromatic rings. The van der Waals surface area contributed by atoms with E-state index in [1.807, 2.05) is 60.9 Å². The highest BCUT2D eigenvalue weighted by Gasteiger charge is 2.10. The Bertz CT molecular complexity index is 965. The Labute approximate surface area is 171 Å². The van der Waals surface area contributed by atoms with Gasteiger partial charge < -0.3 is 5.32 Å². The van der Waals surface area contributed by atoms with Crippen molar-refractivity contribution < 1.29 is 9.18 Å². The average Bonchev–Trinajstić information content (AvgIpc) is 3.04. The highest BCUT2D eigenvalue weighted by molar-refractivity contribution is 5.92. The first kappa shape index (κ1) is 20.7. The molecule has 0 radical (unpaired) electrons. The Morgan fingerprint density at radius 3 is 2.62 bits per heavy atom. The standard InChI is InChI=1S/C23H27FN4O/c1-17-7-4-5-9-21(17)25-23(29)16-27(2)14-6-8-20-15-22(28(3)26-20)18-10-12-19(24)13-11-18/h4-5,7,9-13,15H,6,8,14,16H2,1-3H3,(H,25,29). The molecule has 3 rings (SSSR count). The summed E-state index contributed by atoms with van der Waals surface area (Å²) in [7, 11) is 3.84. The summed E-state index contributed by atoms with van der Waals surface area (Å²) >= 11 is 0. The van der Waals surface area contributed by atoms with Gasteiger partial charge in [0, 0.05) is 12.7 Å². The maximum atomic E-state index is 13.1. The number of carbonyl (C=O) groups is 1. The van der Waals surface area contributed by atoms with Crippen molar-refractivity contribution in [3.63, 3.8) is 0 Å². The van der Waals surface area contributed by atoms with Crippen LogP contribution in [-0.4, -0.2) is 40.7 Å². The fourth-order valence-electron chi connectivity index (χ4n) is 3.30. The number of aromatic nitrogens is 2. The van der Waals surface area contributed by atoms with Gasteiger partial charge in [-0.3, -0.25) is 14.4 Å². The number of para-hydroxylation sites is 1. The number of nitrogens with one attached hydrogen (secondary N) is 1. The molecule has 0 saturated heterocycles. The van der Waals surface area contributed by atoms with Gasteiger partial charge in [-0.1, -0.05) is 18.2 Å². The first-order valence-electron chi connectivity index (χ1n) is 9.75. The predicted molar refractivity (Wildman–Crippen MR) is 114 cm³/mol. The van der Waals surface area contributed by atoms with E-state index in [1.165, 1.54) is 12.1 Å². The second-order valence-electron chi connectivity index (χ2n) is 7.36. The molecule has 2 aromatic carbocycles. The van der Waals surface area contributed by atoms with Gasteiger partial charge in [-0.2, -0.15) is 5.10 Å². The molecule has 1 amide bonds. The fraction of sp³-hybridized carbons (Fsp3) is 0.304. The van der Waals surface area contributed by atoms with E-state index in [0.717, 1.165) is 47.6 Å². The number of halogens is 1. The number of amides is 1. The maximum Gasteiger partial charge on any atom is 0.238 e. The van der Waals surface area contributed by atoms with Gasteiger partial charge in [0.25, 0.3) is 0 Å². The van der Waals surface area contributed by atoms with Gasteiger partial charge >= 0.3 is 0 Å². The van der Waals surface area contributed by atoms with Gasteiger partial charge in [0.1, 0.15) is 5.82 Å². The average molecular weight is 394 g/mol. The predicted octanol–water partition coefficient (Wildman–Crippen LogP) is 4.04. The normalized spacial score (nSPS) is 11.1. The highest BCUT2D eigenvalue weighted by Crippen LogP contribution is 2.21. The number of hydrogen-bond acceptors (Lipinski definition) is 3. The van der Waals surface area contributed by atoms with Crippen molar-refractivity contribution in [1.29, 1.82) is 0 Å². The van der Waals surface area contributed by atoms with Crippen molar-refractivity contribution in [2.45, 2.75) is 19.8 Å². The third-order valence-corrected chi connectivity index (χ3v) is 4.88. The van der Waals surface area contributed by atoms with Gasteiger partial charge in [0.05, 0.1) is 17.9 Å². The van der Waals surface area contributed by atoms with E-state index >= 15 is 0 Å². The molecule has 152 valence electrons. The molecule has 0 spiro atoms. The zero-order valence-electron chi connectivity index (χ0n) is 17.2. The number of nitrogens with zero attached hydrogens (tertiary/aromatic N) is 3. The van der Waals surface area contributed by atoms with Crippen LogP contribution in [0.15, 0.2) is 54.6 Å². The quantitative estimate of drug-likeness (QED) is 0.627. The smallest absolute Gasteiger partial charge is 0.238 e.